The molecule has 1 unspecified atom stereocenters. The summed E-state index contributed by atoms with van der Waals surface area (Å²) in [6, 6.07) is 6.44. The monoisotopic (exact) mass is 290 g/mol. The molecule has 7 nitrogen and oxygen atoms in total. The highest BCUT2D eigenvalue weighted by atomic mass is 16.5. The molecule has 0 aliphatic rings. The van der Waals surface area contributed by atoms with E-state index in [1.807, 2.05) is 0 Å². The Kier molecular flexibility index (Phi) is 4.55. The van der Waals surface area contributed by atoms with E-state index < -0.39 is 12.1 Å². The average molecular weight is 290 g/mol. The number of carboxylic acid groups (broad SMARTS) is 1. The van der Waals surface area contributed by atoms with E-state index in [4.69, 9.17) is 14.3 Å². The lowest BCUT2D eigenvalue weighted by molar-refractivity contribution is -0.127. The Morgan fingerprint density at radius 2 is 2.24 bits per heavy atom. The van der Waals surface area contributed by atoms with Gasteiger partial charge in [0.2, 0.25) is 0 Å². The number of ether oxygens (including phenoxy) is 1. The van der Waals surface area contributed by atoms with Gasteiger partial charge in [0.1, 0.15) is 5.76 Å². The normalized spacial score (nSPS) is 11.7. The van der Waals surface area contributed by atoms with Crippen LogP contribution in [-0.4, -0.2) is 28.1 Å². The maximum absolute atomic E-state index is 11.9. The molecule has 0 aliphatic heterocycles. The molecule has 1 amide bonds. The average Bonchev–Trinajstić information content (AvgIpc) is 2.98. The van der Waals surface area contributed by atoms with Crippen LogP contribution in [0.25, 0.3) is 0 Å². The molecule has 2 heterocycles. The van der Waals surface area contributed by atoms with Crippen LogP contribution in [0.2, 0.25) is 0 Å². The third kappa shape index (κ3) is 3.82. The van der Waals surface area contributed by atoms with Crippen LogP contribution in [0.3, 0.4) is 0 Å². The van der Waals surface area contributed by atoms with Gasteiger partial charge in [0, 0.05) is 6.20 Å². The van der Waals surface area contributed by atoms with Gasteiger partial charge in [0.05, 0.1) is 12.8 Å². The molecule has 0 aromatic carbocycles. The van der Waals surface area contributed by atoms with E-state index >= 15 is 0 Å². The van der Waals surface area contributed by atoms with Crippen molar-refractivity contribution in [3.05, 3.63) is 48.2 Å². The Morgan fingerprint density at radius 1 is 1.43 bits per heavy atom. The lowest BCUT2D eigenvalue weighted by Gasteiger charge is -2.15. The second kappa shape index (κ2) is 6.56. The molecule has 0 radical (unpaired) electrons. The van der Waals surface area contributed by atoms with Gasteiger partial charge in [-0.1, -0.05) is 0 Å². The Hall–Kier alpha value is -2.83. The van der Waals surface area contributed by atoms with Gasteiger partial charge in [0.15, 0.2) is 17.5 Å². The molecule has 0 saturated carbocycles. The van der Waals surface area contributed by atoms with Crippen molar-refractivity contribution in [1.29, 1.82) is 0 Å². The SMILES string of the molecule is CC(Oc1cccnc1C(=O)O)C(=O)NCc1ccco1. The van der Waals surface area contributed by atoms with E-state index in [1.165, 1.54) is 31.5 Å². The van der Waals surface area contributed by atoms with Crippen LogP contribution in [-0.2, 0) is 11.3 Å². The van der Waals surface area contributed by atoms with Gasteiger partial charge >= 0.3 is 5.97 Å². The first kappa shape index (κ1) is 14.6. The van der Waals surface area contributed by atoms with E-state index in [-0.39, 0.29) is 23.9 Å². The maximum atomic E-state index is 11.9. The van der Waals surface area contributed by atoms with Gasteiger partial charge < -0.3 is 19.6 Å². The van der Waals surface area contributed by atoms with Gasteiger partial charge in [-0.3, -0.25) is 4.79 Å². The Bertz CT molecular complexity index is 624. The molecule has 21 heavy (non-hydrogen) atoms. The van der Waals surface area contributed by atoms with E-state index in [2.05, 4.69) is 10.3 Å². The van der Waals surface area contributed by atoms with Crippen molar-refractivity contribution >= 4 is 11.9 Å². The Morgan fingerprint density at radius 3 is 2.90 bits per heavy atom. The van der Waals surface area contributed by atoms with Gasteiger partial charge in [-0.15, -0.1) is 0 Å². The number of rotatable bonds is 6. The highest BCUT2D eigenvalue weighted by Crippen LogP contribution is 2.16. The van der Waals surface area contributed by atoms with Crippen LogP contribution in [0.5, 0.6) is 5.75 Å². The molecule has 2 N–H and O–H groups in total. The summed E-state index contributed by atoms with van der Waals surface area (Å²) in [4.78, 5) is 26.6. The quantitative estimate of drug-likeness (QED) is 0.835. The molecular weight excluding hydrogens is 276 g/mol. The second-order valence-corrected chi connectivity index (χ2v) is 4.21. The number of nitrogens with one attached hydrogen (secondary N) is 1. The van der Waals surface area contributed by atoms with Crippen molar-refractivity contribution in [3.63, 3.8) is 0 Å². The molecule has 0 fully saturated rings. The molecule has 110 valence electrons. The highest BCUT2D eigenvalue weighted by Gasteiger charge is 2.19. The molecule has 0 spiro atoms. The zero-order chi connectivity index (χ0) is 15.2. The zero-order valence-electron chi connectivity index (χ0n) is 11.3. The minimum atomic E-state index is -1.21. The van der Waals surface area contributed by atoms with Crippen molar-refractivity contribution < 1.29 is 23.8 Å². The highest BCUT2D eigenvalue weighted by molar-refractivity contribution is 5.88. The number of carbonyl (C=O) groups is 2. The molecule has 0 saturated heterocycles. The van der Waals surface area contributed by atoms with Crippen molar-refractivity contribution in [2.24, 2.45) is 0 Å². The third-order valence-corrected chi connectivity index (χ3v) is 2.66. The molecule has 1 atom stereocenters. The van der Waals surface area contributed by atoms with Crippen LogP contribution in [0.1, 0.15) is 23.2 Å². The second-order valence-electron chi connectivity index (χ2n) is 4.21. The Balaban J connectivity index is 1.96. The maximum Gasteiger partial charge on any atom is 0.358 e. The van der Waals surface area contributed by atoms with Gasteiger partial charge in [-0.25, -0.2) is 9.78 Å². The van der Waals surface area contributed by atoms with Crippen LogP contribution < -0.4 is 10.1 Å². The standard InChI is InChI=1S/C14H14N2O5/c1-9(13(17)16-8-10-4-3-7-20-10)21-11-5-2-6-15-12(11)14(18)19/h2-7,9H,8H2,1H3,(H,16,17)(H,18,19). The topological polar surface area (TPSA) is 102 Å². The van der Waals surface area contributed by atoms with Crippen LogP contribution in [0, 0.1) is 0 Å². The summed E-state index contributed by atoms with van der Waals surface area (Å²) in [5.41, 5.74) is -0.233. The van der Waals surface area contributed by atoms with E-state index in [1.54, 1.807) is 12.1 Å². The molecule has 0 bridgehead atoms. The van der Waals surface area contributed by atoms with E-state index in [0.29, 0.717) is 5.76 Å². The van der Waals surface area contributed by atoms with E-state index in [0.717, 1.165) is 0 Å². The van der Waals surface area contributed by atoms with Crippen LogP contribution >= 0.6 is 0 Å². The Labute approximate surface area is 120 Å². The molecule has 2 aromatic rings. The number of amides is 1. The summed E-state index contributed by atoms with van der Waals surface area (Å²) in [5, 5.41) is 11.6. The summed E-state index contributed by atoms with van der Waals surface area (Å²) in [7, 11) is 0. The number of hydrogen-bond donors (Lipinski definition) is 2. The number of pyridine rings is 1. The lowest BCUT2D eigenvalue weighted by Crippen LogP contribution is -2.36. The number of nitrogens with zero attached hydrogens (tertiary/aromatic N) is 1. The molecule has 0 aliphatic carbocycles. The largest absolute Gasteiger partial charge is 0.478 e. The first-order chi connectivity index (χ1) is 10.1. The van der Waals surface area contributed by atoms with Crippen LogP contribution in [0.15, 0.2) is 41.1 Å². The molecular formula is C14H14N2O5. The fourth-order valence-electron chi connectivity index (χ4n) is 1.62. The van der Waals surface area contributed by atoms with Crippen molar-refractivity contribution in [3.8, 4) is 5.75 Å². The van der Waals surface area contributed by atoms with Crippen LogP contribution in [0.4, 0.5) is 0 Å². The minimum absolute atomic E-state index is 0.0469. The van der Waals surface area contributed by atoms with Gasteiger partial charge in [0.25, 0.3) is 5.91 Å². The number of aromatic nitrogens is 1. The summed E-state index contributed by atoms with van der Waals surface area (Å²) in [6.45, 7) is 1.76. The van der Waals surface area contributed by atoms with Gasteiger partial charge in [-0.05, 0) is 31.2 Å². The van der Waals surface area contributed by atoms with Crippen molar-refractivity contribution in [2.45, 2.75) is 19.6 Å². The number of furan rings is 1. The lowest BCUT2D eigenvalue weighted by atomic mass is 10.3. The zero-order valence-corrected chi connectivity index (χ0v) is 11.3. The van der Waals surface area contributed by atoms with Crippen molar-refractivity contribution in [1.82, 2.24) is 10.3 Å². The summed E-state index contributed by atoms with van der Waals surface area (Å²) in [5.74, 6) is -0.936. The van der Waals surface area contributed by atoms with Gasteiger partial charge in [-0.2, -0.15) is 0 Å². The fraction of sp³-hybridized carbons (Fsp3) is 0.214. The number of carboxylic acids is 1. The third-order valence-electron chi connectivity index (χ3n) is 2.66. The summed E-state index contributed by atoms with van der Waals surface area (Å²) >= 11 is 0. The number of hydrogen-bond acceptors (Lipinski definition) is 5. The molecule has 2 aromatic heterocycles. The molecule has 2 rings (SSSR count). The first-order valence-corrected chi connectivity index (χ1v) is 6.23. The van der Waals surface area contributed by atoms with E-state index in [9.17, 15) is 9.59 Å². The predicted molar refractivity (Wildman–Crippen MR) is 71.8 cm³/mol. The first-order valence-electron chi connectivity index (χ1n) is 6.23. The smallest absolute Gasteiger partial charge is 0.358 e. The minimum Gasteiger partial charge on any atom is -0.478 e. The van der Waals surface area contributed by atoms with Crippen molar-refractivity contribution in [2.75, 3.05) is 0 Å². The fourth-order valence-corrected chi connectivity index (χ4v) is 1.62. The molecule has 7 heteroatoms. The summed E-state index contributed by atoms with van der Waals surface area (Å²) < 4.78 is 10.4. The predicted octanol–water partition coefficient (Wildman–Crippen LogP) is 1.46. The number of carbonyl (C=O) groups excluding carboxylic acids is 1. The number of aromatic carboxylic acids is 1. The summed E-state index contributed by atoms with van der Waals surface area (Å²) in [6.07, 6.45) is 2.00.